The van der Waals surface area contributed by atoms with Gasteiger partial charge in [0.1, 0.15) is 5.01 Å². The van der Waals surface area contributed by atoms with Gasteiger partial charge in [-0.05, 0) is 55.9 Å². The van der Waals surface area contributed by atoms with Crippen LogP contribution in [0.3, 0.4) is 0 Å². The van der Waals surface area contributed by atoms with Gasteiger partial charge in [0.05, 0.1) is 10.6 Å². The number of nitrogens with one attached hydrogen (secondary N) is 2. The number of nitrogens with zero attached hydrogens (tertiary/aromatic N) is 4. The number of hydrogen-bond acceptors (Lipinski definition) is 6. The Morgan fingerprint density at radius 3 is 2.80 bits per heavy atom. The first kappa shape index (κ1) is 20.9. The van der Waals surface area contributed by atoms with Gasteiger partial charge in [0, 0.05) is 15.7 Å². The van der Waals surface area contributed by atoms with Crippen molar-refractivity contribution in [1.82, 2.24) is 25.1 Å². The molecule has 7 nitrogen and oxygen atoms in total. The number of amides is 1. The van der Waals surface area contributed by atoms with Crippen LogP contribution < -0.4 is 10.6 Å². The van der Waals surface area contributed by atoms with Crippen LogP contribution in [-0.2, 0) is 0 Å². The molecule has 1 amide bonds. The van der Waals surface area contributed by atoms with Gasteiger partial charge in [-0.25, -0.2) is 0 Å². The molecule has 2 aromatic heterocycles. The molecular formula is C19H14BrClN6OS2. The maximum Gasteiger partial charge on any atom is 0.258 e. The first-order valence-corrected chi connectivity index (χ1v) is 11.1. The number of carbonyl (C=O) groups excluding carboxylic acids is 1. The standard InChI is InChI=1S/C19H14BrClN6OS2/c1-9-12(17-26-27-10(2)24-25-19(27)30-17)4-3-5-15(9)22-18(29)23-16(28)13-8-11(20)6-7-14(13)21/h3-8H,1-2H3,(H2,22,23,28,29). The summed E-state index contributed by atoms with van der Waals surface area (Å²) in [6.07, 6.45) is 0. The number of anilines is 1. The molecule has 0 bridgehead atoms. The number of aromatic nitrogens is 4. The highest BCUT2D eigenvalue weighted by Crippen LogP contribution is 2.31. The molecule has 30 heavy (non-hydrogen) atoms. The van der Waals surface area contributed by atoms with Crippen LogP contribution in [0.25, 0.3) is 15.5 Å². The molecule has 2 heterocycles. The average molecular weight is 522 g/mol. The van der Waals surface area contributed by atoms with E-state index in [9.17, 15) is 4.79 Å². The Hall–Kier alpha value is -2.40. The van der Waals surface area contributed by atoms with Gasteiger partial charge in [-0.15, -0.1) is 10.2 Å². The van der Waals surface area contributed by atoms with Gasteiger partial charge in [0.15, 0.2) is 10.9 Å². The van der Waals surface area contributed by atoms with E-state index < -0.39 is 5.91 Å². The van der Waals surface area contributed by atoms with Gasteiger partial charge in [0.25, 0.3) is 5.91 Å². The molecular weight excluding hydrogens is 508 g/mol. The van der Waals surface area contributed by atoms with Gasteiger partial charge < -0.3 is 5.32 Å². The summed E-state index contributed by atoms with van der Waals surface area (Å²) in [7, 11) is 0. The Morgan fingerprint density at radius 1 is 1.23 bits per heavy atom. The van der Waals surface area contributed by atoms with E-state index in [-0.39, 0.29) is 5.11 Å². The highest BCUT2D eigenvalue weighted by molar-refractivity contribution is 9.10. The predicted octanol–water partition coefficient (Wildman–Crippen LogP) is 5.01. The number of aryl methyl sites for hydroxylation is 1. The topological polar surface area (TPSA) is 84.2 Å². The summed E-state index contributed by atoms with van der Waals surface area (Å²) >= 11 is 16.2. The van der Waals surface area contributed by atoms with E-state index in [2.05, 4.69) is 41.9 Å². The number of benzene rings is 2. The van der Waals surface area contributed by atoms with Gasteiger partial charge in [-0.3, -0.25) is 10.1 Å². The van der Waals surface area contributed by atoms with Crippen LogP contribution in [0.2, 0.25) is 5.02 Å². The van der Waals surface area contributed by atoms with Crippen LogP contribution >= 0.6 is 51.1 Å². The minimum absolute atomic E-state index is 0.172. The maximum atomic E-state index is 12.5. The maximum absolute atomic E-state index is 12.5. The lowest BCUT2D eigenvalue weighted by molar-refractivity contribution is 0.0978. The SMILES string of the molecule is Cc1c(NC(=S)NC(=O)c2cc(Br)ccc2Cl)cccc1-c1nn2c(C)nnc2s1. The minimum atomic E-state index is -0.392. The van der Waals surface area contributed by atoms with Gasteiger partial charge in [0.2, 0.25) is 4.96 Å². The van der Waals surface area contributed by atoms with Crippen LogP contribution in [0.5, 0.6) is 0 Å². The Bertz CT molecular complexity index is 1300. The summed E-state index contributed by atoms with van der Waals surface area (Å²) in [6, 6.07) is 10.8. The number of hydrogen-bond donors (Lipinski definition) is 2. The van der Waals surface area contributed by atoms with Crippen LogP contribution in [0.4, 0.5) is 5.69 Å². The number of thiocarbonyl (C=S) groups is 1. The molecule has 11 heteroatoms. The summed E-state index contributed by atoms with van der Waals surface area (Å²) in [4.78, 5) is 13.3. The number of carbonyl (C=O) groups is 1. The van der Waals surface area contributed by atoms with Crippen molar-refractivity contribution in [3.05, 3.63) is 62.8 Å². The molecule has 4 rings (SSSR count). The second-order valence-corrected chi connectivity index (χ2v) is 9.05. The van der Waals surface area contributed by atoms with E-state index in [1.54, 1.807) is 22.7 Å². The van der Waals surface area contributed by atoms with E-state index in [0.29, 0.717) is 10.6 Å². The summed E-state index contributed by atoms with van der Waals surface area (Å²) in [5.74, 6) is 0.339. The largest absolute Gasteiger partial charge is 0.332 e. The summed E-state index contributed by atoms with van der Waals surface area (Å²) in [5, 5.41) is 19.8. The highest BCUT2D eigenvalue weighted by Gasteiger charge is 2.16. The van der Waals surface area contributed by atoms with Crippen LogP contribution in [0.1, 0.15) is 21.7 Å². The third kappa shape index (κ3) is 4.08. The lowest BCUT2D eigenvalue weighted by Gasteiger charge is -2.14. The van der Waals surface area contributed by atoms with Crippen LogP contribution in [0, 0.1) is 13.8 Å². The van der Waals surface area contributed by atoms with Crippen LogP contribution in [0.15, 0.2) is 40.9 Å². The smallest absolute Gasteiger partial charge is 0.258 e. The average Bonchev–Trinajstić information content (AvgIpc) is 3.27. The zero-order valence-electron chi connectivity index (χ0n) is 15.7. The van der Waals surface area contributed by atoms with E-state index in [0.717, 1.165) is 37.1 Å². The highest BCUT2D eigenvalue weighted by atomic mass is 79.9. The van der Waals surface area contributed by atoms with Gasteiger partial charge in [-0.1, -0.05) is 51.0 Å². The molecule has 0 atom stereocenters. The van der Waals surface area contributed by atoms with E-state index in [1.807, 2.05) is 32.0 Å². The molecule has 0 radical (unpaired) electrons. The molecule has 4 aromatic rings. The van der Waals surface area contributed by atoms with E-state index in [4.69, 9.17) is 23.8 Å². The second kappa shape index (κ2) is 8.38. The van der Waals surface area contributed by atoms with E-state index >= 15 is 0 Å². The van der Waals surface area contributed by atoms with Gasteiger partial charge >= 0.3 is 0 Å². The molecule has 0 saturated heterocycles. The molecule has 152 valence electrons. The molecule has 2 aromatic carbocycles. The number of fused-ring (bicyclic) bond motifs is 1. The summed E-state index contributed by atoms with van der Waals surface area (Å²) in [5.41, 5.74) is 2.98. The predicted molar refractivity (Wildman–Crippen MR) is 126 cm³/mol. The molecule has 0 spiro atoms. The first-order chi connectivity index (χ1) is 14.3. The van der Waals surface area contributed by atoms with Crippen molar-refractivity contribution in [2.24, 2.45) is 0 Å². The van der Waals surface area contributed by atoms with Crippen molar-refractivity contribution in [2.45, 2.75) is 13.8 Å². The van der Waals surface area contributed by atoms with E-state index in [1.165, 1.54) is 11.3 Å². The van der Waals surface area contributed by atoms with Gasteiger partial charge in [-0.2, -0.15) is 9.61 Å². The van der Waals surface area contributed by atoms with Crippen molar-refractivity contribution in [2.75, 3.05) is 5.32 Å². The van der Waals surface area contributed by atoms with Crippen molar-refractivity contribution in [3.8, 4) is 10.6 Å². The zero-order chi connectivity index (χ0) is 21.4. The molecule has 0 saturated carbocycles. The second-order valence-electron chi connectivity index (χ2n) is 6.36. The van der Waals surface area contributed by atoms with Crippen molar-refractivity contribution < 1.29 is 4.79 Å². The zero-order valence-corrected chi connectivity index (χ0v) is 19.7. The Balaban J connectivity index is 1.54. The molecule has 0 unspecified atom stereocenters. The third-order valence-corrected chi connectivity index (χ3v) is 6.32. The molecule has 0 fully saturated rings. The first-order valence-electron chi connectivity index (χ1n) is 8.69. The summed E-state index contributed by atoms with van der Waals surface area (Å²) in [6.45, 7) is 3.82. The minimum Gasteiger partial charge on any atom is -0.332 e. The molecule has 0 aliphatic heterocycles. The fourth-order valence-electron chi connectivity index (χ4n) is 2.82. The molecule has 2 N–H and O–H groups in total. The molecule has 0 aliphatic rings. The van der Waals surface area contributed by atoms with Crippen LogP contribution in [-0.4, -0.2) is 30.8 Å². The van der Waals surface area contributed by atoms with Crippen molar-refractivity contribution in [1.29, 1.82) is 0 Å². The van der Waals surface area contributed by atoms with Crippen molar-refractivity contribution in [3.63, 3.8) is 0 Å². The lowest BCUT2D eigenvalue weighted by atomic mass is 10.1. The normalized spacial score (nSPS) is 10.9. The summed E-state index contributed by atoms with van der Waals surface area (Å²) < 4.78 is 2.46. The Morgan fingerprint density at radius 2 is 2.03 bits per heavy atom. The van der Waals surface area contributed by atoms with Crippen molar-refractivity contribution >= 4 is 72.8 Å². The lowest BCUT2D eigenvalue weighted by Crippen LogP contribution is -2.34. The molecule has 0 aliphatic carbocycles. The Labute approximate surface area is 194 Å². The fraction of sp³-hybridized carbons (Fsp3) is 0.105. The quantitative estimate of drug-likeness (QED) is 0.369. The number of rotatable bonds is 3. The Kier molecular flexibility index (Phi) is 5.83. The fourth-order valence-corrected chi connectivity index (χ4v) is 4.56. The number of halogens is 2. The monoisotopic (exact) mass is 520 g/mol. The third-order valence-electron chi connectivity index (χ3n) is 4.36.